The van der Waals surface area contributed by atoms with Gasteiger partial charge in [0.05, 0.1) is 10.7 Å². The lowest BCUT2D eigenvalue weighted by Gasteiger charge is -2.09. The van der Waals surface area contributed by atoms with Crippen molar-refractivity contribution in [2.45, 2.75) is 39.8 Å². The summed E-state index contributed by atoms with van der Waals surface area (Å²) in [4.78, 5) is 4.46. The summed E-state index contributed by atoms with van der Waals surface area (Å²) in [7, 11) is 0. The van der Waals surface area contributed by atoms with Crippen LogP contribution in [-0.4, -0.2) is 9.55 Å². The molecule has 0 aliphatic rings. The van der Waals surface area contributed by atoms with E-state index in [9.17, 15) is 4.39 Å². The fourth-order valence-electron chi connectivity index (χ4n) is 2.02. The molecular formula is C15H19ClFN3. The lowest BCUT2D eigenvalue weighted by molar-refractivity contribution is 0.627. The molecule has 1 heterocycles. The Bertz CT molecular complexity index is 580. The number of anilines is 1. The number of aromatic nitrogens is 2. The van der Waals surface area contributed by atoms with Gasteiger partial charge in [-0.2, -0.15) is 0 Å². The second-order valence-electron chi connectivity index (χ2n) is 4.85. The number of rotatable bonds is 6. The number of benzene rings is 1. The molecule has 0 aliphatic carbocycles. The maximum Gasteiger partial charge on any atom is 0.203 e. The first-order chi connectivity index (χ1) is 9.60. The molecule has 1 aromatic carbocycles. The minimum absolute atomic E-state index is 0.148. The fraction of sp³-hybridized carbons (Fsp3) is 0.400. The Morgan fingerprint density at radius 1 is 1.40 bits per heavy atom. The molecule has 0 spiro atoms. The Morgan fingerprint density at radius 2 is 2.20 bits per heavy atom. The molecule has 2 aromatic rings. The predicted molar refractivity (Wildman–Crippen MR) is 80.6 cm³/mol. The molecule has 0 unspecified atom stereocenters. The average molecular weight is 296 g/mol. The molecule has 0 atom stereocenters. The first kappa shape index (κ1) is 14.9. The van der Waals surface area contributed by atoms with Crippen LogP contribution in [0.25, 0.3) is 0 Å². The van der Waals surface area contributed by atoms with Gasteiger partial charge >= 0.3 is 0 Å². The van der Waals surface area contributed by atoms with E-state index in [1.807, 2.05) is 13.1 Å². The molecule has 0 fully saturated rings. The first-order valence-electron chi connectivity index (χ1n) is 6.81. The molecule has 5 heteroatoms. The van der Waals surface area contributed by atoms with Crippen molar-refractivity contribution < 1.29 is 4.39 Å². The lowest BCUT2D eigenvalue weighted by Crippen LogP contribution is -2.07. The summed E-state index contributed by atoms with van der Waals surface area (Å²) in [5.41, 5.74) is 1.92. The number of nitrogens with one attached hydrogen (secondary N) is 1. The van der Waals surface area contributed by atoms with Gasteiger partial charge < -0.3 is 9.88 Å². The second kappa shape index (κ2) is 6.75. The molecular weight excluding hydrogens is 277 g/mol. The van der Waals surface area contributed by atoms with Crippen LogP contribution in [0.3, 0.4) is 0 Å². The van der Waals surface area contributed by atoms with Crippen LogP contribution in [0.4, 0.5) is 10.3 Å². The van der Waals surface area contributed by atoms with Crippen LogP contribution < -0.4 is 5.32 Å². The zero-order chi connectivity index (χ0) is 14.5. The SMILES string of the molecule is CCCCn1cc(C)nc1NCc1ccc(F)c(Cl)c1. The smallest absolute Gasteiger partial charge is 0.203 e. The lowest BCUT2D eigenvalue weighted by atomic mass is 10.2. The van der Waals surface area contributed by atoms with Crippen molar-refractivity contribution >= 4 is 17.5 Å². The Labute approximate surface area is 123 Å². The summed E-state index contributed by atoms with van der Waals surface area (Å²) in [6.07, 6.45) is 4.30. The van der Waals surface area contributed by atoms with Crippen molar-refractivity contribution in [3.8, 4) is 0 Å². The van der Waals surface area contributed by atoms with E-state index < -0.39 is 5.82 Å². The van der Waals surface area contributed by atoms with Gasteiger partial charge in [-0.3, -0.25) is 0 Å². The van der Waals surface area contributed by atoms with Crippen LogP contribution in [0.1, 0.15) is 31.0 Å². The van der Waals surface area contributed by atoms with Gasteiger partial charge in [0, 0.05) is 19.3 Å². The highest BCUT2D eigenvalue weighted by Gasteiger charge is 2.06. The van der Waals surface area contributed by atoms with E-state index in [1.54, 1.807) is 12.1 Å². The summed E-state index contributed by atoms with van der Waals surface area (Å²) in [5.74, 6) is 0.451. The average Bonchev–Trinajstić information content (AvgIpc) is 2.78. The molecule has 2 rings (SSSR count). The van der Waals surface area contributed by atoms with Crippen LogP contribution in [0.15, 0.2) is 24.4 Å². The molecule has 1 N–H and O–H groups in total. The number of hydrogen-bond donors (Lipinski definition) is 1. The van der Waals surface area contributed by atoms with E-state index >= 15 is 0 Å². The van der Waals surface area contributed by atoms with Gasteiger partial charge in [0.2, 0.25) is 5.95 Å². The second-order valence-corrected chi connectivity index (χ2v) is 5.26. The molecule has 0 bridgehead atoms. The van der Waals surface area contributed by atoms with E-state index in [4.69, 9.17) is 11.6 Å². The van der Waals surface area contributed by atoms with Crippen molar-refractivity contribution in [1.82, 2.24) is 9.55 Å². The Morgan fingerprint density at radius 3 is 2.90 bits per heavy atom. The number of aryl methyl sites for hydroxylation is 2. The predicted octanol–water partition coefficient (Wildman–Crippen LogP) is 4.40. The zero-order valence-corrected chi connectivity index (χ0v) is 12.5. The van der Waals surface area contributed by atoms with Crippen LogP contribution in [0.2, 0.25) is 5.02 Å². The third-order valence-corrected chi connectivity index (χ3v) is 3.37. The van der Waals surface area contributed by atoms with E-state index in [-0.39, 0.29) is 5.02 Å². The van der Waals surface area contributed by atoms with Gasteiger partial charge in [0.1, 0.15) is 5.82 Å². The zero-order valence-electron chi connectivity index (χ0n) is 11.8. The van der Waals surface area contributed by atoms with Gasteiger partial charge in [0.25, 0.3) is 0 Å². The third kappa shape index (κ3) is 3.73. The van der Waals surface area contributed by atoms with Gasteiger partial charge in [-0.15, -0.1) is 0 Å². The largest absolute Gasteiger partial charge is 0.352 e. The highest BCUT2D eigenvalue weighted by molar-refractivity contribution is 6.30. The quantitative estimate of drug-likeness (QED) is 0.856. The number of unbranched alkanes of at least 4 members (excludes halogenated alkanes) is 1. The molecule has 0 saturated carbocycles. The van der Waals surface area contributed by atoms with Crippen molar-refractivity contribution in [2.24, 2.45) is 0 Å². The minimum atomic E-state index is -0.393. The normalized spacial score (nSPS) is 10.8. The number of halogens is 2. The van der Waals surface area contributed by atoms with Crippen LogP contribution in [0, 0.1) is 12.7 Å². The van der Waals surface area contributed by atoms with Crippen molar-refractivity contribution in [1.29, 1.82) is 0 Å². The van der Waals surface area contributed by atoms with E-state index in [0.717, 1.165) is 36.6 Å². The number of hydrogen-bond acceptors (Lipinski definition) is 2. The van der Waals surface area contributed by atoms with Crippen molar-refractivity contribution in [3.63, 3.8) is 0 Å². The highest BCUT2D eigenvalue weighted by Crippen LogP contribution is 2.17. The first-order valence-corrected chi connectivity index (χ1v) is 7.19. The molecule has 3 nitrogen and oxygen atoms in total. The summed E-state index contributed by atoms with van der Waals surface area (Å²) in [5, 5.41) is 3.42. The Kier molecular flexibility index (Phi) is 5.01. The topological polar surface area (TPSA) is 29.9 Å². The Hall–Kier alpha value is -1.55. The molecule has 0 saturated heterocycles. The molecule has 1 aromatic heterocycles. The summed E-state index contributed by atoms with van der Waals surface area (Å²) in [6.45, 7) is 5.66. The van der Waals surface area contributed by atoms with E-state index in [1.165, 1.54) is 6.07 Å². The fourth-order valence-corrected chi connectivity index (χ4v) is 2.22. The van der Waals surface area contributed by atoms with Crippen LogP contribution in [-0.2, 0) is 13.1 Å². The van der Waals surface area contributed by atoms with Gasteiger partial charge in [0.15, 0.2) is 0 Å². The van der Waals surface area contributed by atoms with Crippen molar-refractivity contribution in [3.05, 3.63) is 46.5 Å². The van der Waals surface area contributed by atoms with E-state index in [0.29, 0.717) is 6.54 Å². The van der Waals surface area contributed by atoms with Gasteiger partial charge in [-0.05, 0) is 31.0 Å². The molecule has 0 radical (unpaired) electrons. The standard InChI is InChI=1S/C15H19ClFN3/c1-3-4-7-20-10-11(2)19-15(20)18-9-12-5-6-14(17)13(16)8-12/h5-6,8,10H,3-4,7,9H2,1-2H3,(H,18,19). The Balaban J connectivity index is 2.04. The third-order valence-electron chi connectivity index (χ3n) is 3.08. The molecule has 108 valence electrons. The molecule has 0 aliphatic heterocycles. The molecule has 20 heavy (non-hydrogen) atoms. The van der Waals surface area contributed by atoms with Gasteiger partial charge in [-0.25, -0.2) is 9.37 Å². The maximum absolute atomic E-state index is 13.1. The minimum Gasteiger partial charge on any atom is -0.352 e. The highest BCUT2D eigenvalue weighted by atomic mass is 35.5. The van der Waals surface area contributed by atoms with E-state index in [2.05, 4.69) is 21.8 Å². The molecule has 0 amide bonds. The number of imidazole rings is 1. The van der Waals surface area contributed by atoms with Crippen LogP contribution >= 0.6 is 11.6 Å². The maximum atomic E-state index is 13.1. The van der Waals surface area contributed by atoms with Crippen molar-refractivity contribution in [2.75, 3.05) is 5.32 Å². The summed E-state index contributed by atoms with van der Waals surface area (Å²) >= 11 is 5.78. The van der Waals surface area contributed by atoms with Gasteiger partial charge in [-0.1, -0.05) is 31.0 Å². The summed E-state index contributed by atoms with van der Waals surface area (Å²) < 4.78 is 15.2. The van der Waals surface area contributed by atoms with Crippen LogP contribution in [0.5, 0.6) is 0 Å². The summed E-state index contributed by atoms with van der Waals surface area (Å²) in [6, 6.07) is 4.74. The number of nitrogens with zero attached hydrogens (tertiary/aromatic N) is 2. The monoisotopic (exact) mass is 295 g/mol.